The van der Waals surface area contributed by atoms with Crippen molar-refractivity contribution in [2.75, 3.05) is 33.6 Å². The topological polar surface area (TPSA) is 57.2 Å². The van der Waals surface area contributed by atoms with Crippen LogP contribution in [0.25, 0.3) is 6.08 Å². The van der Waals surface area contributed by atoms with Crippen LogP contribution in [0.5, 0.6) is 17.2 Å². The first kappa shape index (κ1) is 19.5. The molecule has 0 aromatic heterocycles. The van der Waals surface area contributed by atoms with E-state index in [4.69, 9.17) is 18.9 Å². The largest absolute Gasteiger partial charge is 0.494 e. The maximum Gasteiger partial charge on any atom is 0.232 e. The molecule has 0 saturated heterocycles. The molecule has 2 aliphatic rings. The van der Waals surface area contributed by atoms with E-state index in [9.17, 15) is 4.79 Å². The van der Waals surface area contributed by atoms with Crippen LogP contribution in [0, 0.1) is 6.92 Å². The number of methoxy groups -OCH3 is 1. The Kier molecular flexibility index (Phi) is 5.56. The van der Waals surface area contributed by atoms with E-state index in [2.05, 4.69) is 4.90 Å². The maximum absolute atomic E-state index is 13.0. The minimum atomic E-state index is -0.0943. The Balaban J connectivity index is 1.63. The van der Waals surface area contributed by atoms with Crippen LogP contribution in [0.2, 0.25) is 0 Å². The second-order valence-electron chi connectivity index (χ2n) is 7.13. The molecule has 0 unspecified atom stereocenters. The highest BCUT2D eigenvalue weighted by Crippen LogP contribution is 2.44. The molecule has 4 rings (SSSR count). The molecule has 0 spiro atoms. The average Bonchev–Trinajstić information content (AvgIpc) is 3.05. The highest BCUT2D eigenvalue weighted by atomic mass is 16.5. The molecule has 0 N–H and O–H groups in total. The van der Waals surface area contributed by atoms with Crippen molar-refractivity contribution in [3.63, 3.8) is 0 Å². The number of ketones is 1. The molecular formula is C23H25NO5. The summed E-state index contributed by atoms with van der Waals surface area (Å²) >= 11 is 0. The normalized spacial score (nSPS) is 16.9. The van der Waals surface area contributed by atoms with Crippen LogP contribution in [-0.4, -0.2) is 44.3 Å². The average molecular weight is 395 g/mol. The molecule has 152 valence electrons. The van der Waals surface area contributed by atoms with Gasteiger partial charge in [0.1, 0.15) is 24.0 Å². The van der Waals surface area contributed by atoms with Gasteiger partial charge in [-0.25, -0.2) is 0 Å². The Bertz CT molecular complexity index is 949. The summed E-state index contributed by atoms with van der Waals surface area (Å²) in [5, 5.41) is 0. The summed E-state index contributed by atoms with van der Waals surface area (Å²) in [6.07, 6.45) is 1.77. The number of hydrogen-bond acceptors (Lipinski definition) is 6. The minimum absolute atomic E-state index is 0.0943. The van der Waals surface area contributed by atoms with Gasteiger partial charge in [0, 0.05) is 20.2 Å². The maximum atomic E-state index is 13.0. The van der Waals surface area contributed by atoms with E-state index in [1.54, 1.807) is 13.2 Å². The first-order valence-electron chi connectivity index (χ1n) is 9.78. The van der Waals surface area contributed by atoms with Crippen molar-refractivity contribution in [3.05, 3.63) is 58.3 Å². The van der Waals surface area contributed by atoms with Gasteiger partial charge in [0.25, 0.3) is 0 Å². The summed E-state index contributed by atoms with van der Waals surface area (Å²) in [6, 6.07) is 9.53. The van der Waals surface area contributed by atoms with Gasteiger partial charge >= 0.3 is 0 Å². The lowest BCUT2D eigenvalue weighted by Gasteiger charge is -2.29. The van der Waals surface area contributed by atoms with Gasteiger partial charge < -0.3 is 18.9 Å². The lowest BCUT2D eigenvalue weighted by molar-refractivity contribution is 0.0646. The van der Waals surface area contributed by atoms with Crippen molar-refractivity contribution >= 4 is 11.9 Å². The number of benzene rings is 2. The van der Waals surface area contributed by atoms with Crippen LogP contribution < -0.4 is 14.2 Å². The van der Waals surface area contributed by atoms with E-state index in [-0.39, 0.29) is 5.78 Å². The minimum Gasteiger partial charge on any atom is -0.494 e. The molecule has 6 heteroatoms. The summed E-state index contributed by atoms with van der Waals surface area (Å²) in [5.74, 6) is 2.43. The molecule has 2 heterocycles. The zero-order chi connectivity index (χ0) is 20.4. The van der Waals surface area contributed by atoms with Crippen molar-refractivity contribution in [2.45, 2.75) is 20.4 Å². The smallest absolute Gasteiger partial charge is 0.232 e. The molecule has 2 aliphatic heterocycles. The molecule has 0 bridgehead atoms. The second kappa shape index (κ2) is 8.27. The van der Waals surface area contributed by atoms with Gasteiger partial charge in [-0.3, -0.25) is 9.69 Å². The number of ether oxygens (including phenoxy) is 4. The van der Waals surface area contributed by atoms with Crippen molar-refractivity contribution in [3.8, 4) is 17.2 Å². The van der Waals surface area contributed by atoms with Gasteiger partial charge in [-0.15, -0.1) is 0 Å². The quantitative estimate of drug-likeness (QED) is 0.694. The number of nitrogens with zero attached hydrogens (tertiary/aromatic N) is 1. The molecule has 0 aliphatic carbocycles. The fourth-order valence-corrected chi connectivity index (χ4v) is 3.62. The van der Waals surface area contributed by atoms with Crippen LogP contribution in [0.15, 0.2) is 36.1 Å². The van der Waals surface area contributed by atoms with Gasteiger partial charge in [0.15, 0.2) is 5.76 Å². The van der Waals surface area contributed by atoms with Crippen molar-refractivity contribution < 1.29 is 23.7 Å². The summed E-state index contributed by atoms with van der Waals surface area (Å²) in [5.41, 5.74) is 3.29. The number of carbonyl (C=O) groups is 1. The Morgan fingerprint density at radius 1 is 1.24 bits per heavy atom. The van der Waals surface area contributed by atoms with Gasteiger partial charge in [-0.05, 0) is 49.2 Å². The molecule has 0 atom stereocenters. The zero-order valence-corrected chi connectivity index (χ0v) is 17.0. The number of aryl methyl sites for hydroxylation is 1. The molecule has 0 saturated carbocycles. The first-order valence-corrected chi connectivity index (χ1v) is 9.78. The van der Waals surface area contributed by atoms with E-state index < -0.39 is 0 Å². The van der Waals surface area contributed by atoms with Crippen molar-refractivity contribution in [1.82, 2.24) is 4.90 Å². The van der Waals surface area contributed by atoms with Crippen molar-refractivity contribution in [2.24, 2.45) is 0 Å². The summed E-state index contributed by atoms with van der Waals surface area (Å²) in [4.78, 5) is 15.2. The highest BCUT2D eigenvalue weighted by Gasteiger charge is 2.35. The third kappa shape index (κ3) is 3.86. The lowest BCUT2D eigenvalue weighted by atomic mass is 9.98. The number of carbonyl (C=O) groups excluding carboxylic acids is 1. The van der Waals surface area contributed by atoms with Crippen LogP contribution in [-0.2, 0) is 11.3 Å². The number of Topliss-reactive ketones (excluding diaryl/α,β-unsaturated/α-hetero) is 1. The lowest BCUT2D eigenvalue weighted by Crippen LogP contribution is -2.34. The van der Waals surface area contributed by atoms with Crippen LogP contribution >= 0.6 is 0 Å². The summed E-state index contributed by atoms with van der Waals surface area (Å²) < 4.78 is 22.6. The summed E-state index contributed by atoms with van der Waals surface area (Å²) in [6.45, 7) is 7.01. The molecule has 0 amide bonds. The predicted molar refractivity (Wildman–Crippen MR) is 110 cm³/mol. The van der Waals surface area contributed by atoms with Crippen molar-refractivity contribution in [1.29, 1.82) is 0 Å². The molecule has 0 fully saturated rings. The first-order chi connectivity index (χ1) is 14.1. The molecule has 29 heavy (non-hydrogen) atoms. The Morgan fingerprint density at radius 2 is 2.03 bits per heavy atom. The molecular weight excluding hydrogens is 370 g/mol. The molecule has 6 nitrogen and oxygen atoms in total. The fraction of sp³-hybridized carbons (Fsp3) is 0.348. The molecule has 2 aromatic rings. The number of allylic oxidation sites excluding steroid dienone is 1. The van der Waals surface area contributed by atoms with E-state index in [1.165, 1.54) is 0 Å². The molecule has 2 aromatic carbocycles. The third-order valence-corrected chi connectivity index (χ3v) is 5.09. The third-order valence-electron chi connectivity index (χ3n) is 5.09. The zero-order valence-electron chi connectivity index (χ0n) is 17.0. The highest BCUT2D eigenvalue weighted by molar-refractivity contribution is 6.15. The number of hydrogen-bond donors (Lipinski definition) is 0. The summed E-state index contributed by atoms with van der Waals surface area (Å²) in [7, 11) is 1.68. The van der Waals surface area contributed by atoms with Crippen LogP contribution in [0.3, 0.4) is 0 Å². The van der Waals surface area contributed by atoms with Gasteiger partial charge in [0.05, 0.1) is 24.3 Å². The fourth-order valence-electron chi connectivity index (χ4n) is 3.62. The SMILES string of the molecule is CCOc1ccc(/C=C2\Oc3c4c(cc(C)c3C2=O)OCN(CCOC)C4)cc1. The Morgan fingerprint density at radius 3 is 2.76 bits per heavy atom. The predicted octanol–water partition coefficient (Wildman–Crippen LogP) is 3.81. The second-order valence-corrected chi connectivity index (χ2v) is 7.13. The Hall–Kier alpha value is -2.83. The van der Waals surface area contributed by atoms with Gasteiger partial charge in [-0.2, -0.15) is 0 Å². The van der Waals surface area contributed by atoms with E-state index in [0.29, 0.717) is 43.6 Å². The Labute approximate surface area is 170 Å². The van der Waals surface area contributed by atoms with Crippen LogP contribution in [0.4, 0.5) is 0 Å². The van der Waals surface area contributed by atoms with Crippen LogP contribution in [0.1, 0.15) is 34.0 Å². The molecule has 0 radical (unpaired) electrons. The number of fused-ring (bicyclic) bond motifs is 3. The monoisotopic (exact) mass is 395 g/mol. The van der Waals surface area contributed by atoms with Gasteiger partial charge in [0.2, 0.25) is 5.78 Å². The van der Waals surface area contributed by atoms with Gasteiger partial charge in [-0.1, -0.05) is 12.1 Å². The van der Waals surface area contributed by atoms with E-state index in [1.807, 2.05) is 44.2 Å². The van der Waals surface area contributed by atoms with E-state index >= 15 is 0 Å². The van der Waals surface area contributed by atoms with E-state index in [0.717, 1.165) is 34.7 Å². The standard InChI is InChI=1S/C23H25NO5/c1-4-27-17-7-5-16(6-8-17)12-20-22(25)21-15(2)11-19-18(23(21)29-20)13-24(14-28-19)9-10-26-3/h5-8,11-12H,4,9-10,13-14H2,1-3H3/b20-12-. The number of rotatable bonds is 6.